The SMILES string of the molecule is C[C@H]1C(O)[C@@H](O)C(CO)O[C@H]1OCCCCCCCC(=O)CCCCC(=O)CCCCCCCO[C@@H]1OC(CO)[C@H](O)C(O)[C@@H]1C. The molecule has 46 heavy (non-hydrogen) atoms. The first kappa shape index (κ1) is 41.1. The predicted molar refractivity (Wildman–Crippen MR) is 170 cm³/mol. The van der Waals surface area contributed by atoms with Crippen molar-refractivity contribution < 1.29 is 59.2 Å². The minimum atomic E-state index is -1.12. The summed E-state index contributed by atoms with van der Waals surface area (Å²) < 4.78 is 22.6. The fourth-order valence-electron chi connectivity index (χ4n) is 6.02. The van der Waals surface area contributed by atoms with E-state index in [-0.39, 0.29) is 36.6 Å². The van der Waals surface area contributed by atoms with Crippen molar-refractivity contribution >= 4 is 11.6 Å². The maximum Gasteiger partial charge on any atom is 0.163 e. The molecule has 12 heteroatoms. The summed E-state index contributed by atoms with van der Waals surface area (Å²) in [5.41, 5.74) is 0. The Hall–Kier alpha value is -1.06. The van der Waals surface area contributed by atoms with E-state index in [1.54, 1.807) is 13.8 Å². The fourth-order valence-corrected chi connectivity index (χ4v) is 6.02. The molecule has 0 spiro atoms. The Balaban J connectivity index is 1.36. The molecule has 4 unspecified atom stereocenters. The molecule has 2 saturated heterocycles. The second-order valence-corrected chi connectivity index (χ2v) is 13.2. The quantitative estimate of drug-likeness (QED) is 0.0784. The number of Topliss-reactive ketones (excluding diaryl/α,β-unsaturated/α-hetero) is 2. The lowest BCUT2D eigenvalue weighted by Gasteiger charge is -2.40. The highest BCUT2D eigenvalue weighted by Gasteiger charge is 2.43. The van der Waals surface area contributed by atoms with Crippen molar-refractivity contribution in [3.8, 4) is 0 Å². The lowest BCUT2D eigenvalue weighted by atomic mass is 9.92. The van der Waals surface area contributed by atoms with Gasteiger partial charge in [0.2, 0.25) is 0 Å². The van der Waals surface area contributed by atoms with Gasteiger partial charge in [-0.05, 0) is 38.5 Å². The van der Waals surface area contributed by atoms with Gasteiger partial charge in [0.15, 0.2) is 12.6 Å². The monoisotopic (exact) mass is 662 g/mol. The Morgan fingerprint density at radius 1 is 0.500 bits per heavy atom. The number of carbonyl (C=O) groups is 2. The summed E-state index contributed by atoms with van der Waals surface area (Å²) in [5.74, 6) is -0.259. The summed E-state index contributed by atoms with van der Waals surface area (Å²) in [4.78, 5) is 24.4. The molecular formula is C34H62O12. The van der Waals surface area contributed by atoms with Crippen molar-refractivity contribution in [2.24, 2.45) is 11.8 Å². The molecule has 0 bridgehead atoms. The van der Waals surface area contributed by atoms with Crippen molar-refractivity contribution in [1.82, 2.24) is 0 Å². The van der Waals surface area contributed by atoms with E-state index in [0.717, 1.165) is 77.0 Å². The standard InChI is InChI=1S/C34H62O12/c1-23-29(39)31(41)27(21-35)45-33(23)43-19-13-7-3-5-9-15-25(37)17-11-12-18-26(38)16-10-6-4-8-14-20-44-34-24(2)30(40)32(42)28(22-36)46-34/h23-24,27-36,39-42H,3-22H2,1-2H3/t23-,24-,27?,28?,29?,30?,31-,32-,33+,34+/m0/s1. The number of hydrogen-bond acceptors (Lipinski definition) is 12. The first-order chi connectivity index (χ1) is 22.1. The zero-order valence-electron chi connectivity index (χ0n) is 28.0. The molecule has 0 aromatic rings. The molecule has 6 N–H and O–H groups in total. The minimum absolute atomic E-state index is 0.258. The lowest BCUT2D eigenvalue weighted by Crippen LogP contribution is -2.55. The number of ether oxygens (including phenoxy) is 4. The topological polar surface area (TPSA) is 192 Å². The van der Waals surface area contributed by atoms with E-state index in [0.29, 0.717) is 38.9 Å². The minimum Gasteiger partial charge on any atom is -0.394 e. The molecule has 2 heterocycles. The van der Waals surface area contributed by atoms with Crippen LogP contribution in [-0.2, 0) is 28.5 Å². The summed E-state index contributed by atoms with van der Waals surface area (Å²) in [6, 6.07) is 0. The van der Waals surface area contributed by atoms with Gasteiger partial charge in [-0.15, -0.1) is 0 Å². The maximum absolute atomic E-state index is 12.2. The van der Waals surface area contributed by atoms with Crippen LogP contribution in [0, 0.1) is 11.8 Å². The van der Waals surface area contributed by atoms with E-state index in [9.17, 15) is 40.2 Å². The molecule has 10 atom stereocenters. The van der Waals surface area contributed by atoms with E-state index in [1.807, 2.05) is 0 Å². The number of hydrogen-bond donors (Lipinski definition) is 6. The van der Waals surface area contributed by atoms with Gasteiger partial charge in [-0.25, -0.2) is 0 Å². The zero-order valence-corrected chi connectivity index (χ0v) is 28.0. The Morgan fingerprint density at radius 2 is 0.804 bits per heavy atom. The second-order valence-electron chi connectivity index (χ2n) is 13.2. The molecule has 12 nitrogen and oxygen atoms in total. The molecule has 2 fully saturated rings. The van der Waals surface area contributed by atoms with Crippen LogP contribution in [0.4, 0.5) is 0 Å². The van der Waals surface area contributed by atoms with Gasteiger partial charge in [0, 0.05) is 50.7 Å². The summed E-state index contributed by atoms with van der Waals surface area (Å²) in [5, 5.41) is 58.6. The molecule has 0 aromatic carbocycles. The Bertz CT molecular complexity index is 758. The van der Waals surface area contributed by atoms with Crippen LogP contribution >= 0.6 is 0 Å². The van der Waals surface area contributed by atoms with Crippen molar-refractivity contribution in [2.75, 3.05) is 26.4 Å². The van der Waals surface area contributed by atoms with Crippen LogP contribution in [-0.4, -0.2) is 118 Å². The Kier molecular flexibility index (Phi) is 20.8. The van der Waals surface area contributed by atoms with Gasteiger partial charge in [-0.1, -0.05) is 52.4 Å². The van der Waals surface area contributed by atoms with Gasteiger partial charge in [0.1, 0.15) is 36.0 Å². The number of aliphatic hydroxyl groups excluding tert-OH is 6. The normalized spacial score (nSPS) is 31.7. The highest BCUT2D eigenvalue weighted by atomic mass is 16.7. The summed E-state index contributed by atoms with van der Waals surface area (Å²) in [7, 11) is 0. The zero-order chi connectivity index (χ0) is 33.9. The largest absolute Gasteiger partial charge is 0.394 e. The van der Waals surface area contributed by atoms with Crippen LogP contribution in [0.5, 0.6) is 0 Å². The van der Waals surface area contributed by atoms with E-state index in [4.69, 9.17) is 18.9 Å². The Morgan fingerprint density at radius 3 is 1.15 bits per heavy atom. The fraction of sp³-hybridized carbons (Fsp3) is 0.941. The van der Waals surface area contributed by atoms with Crippen LogP contribution in [0.3, 0.4) is 0 Å². The van der Waals surface area contributed by atoms with Crippen molar-refractivity contribution in [3.05, 3.63) is 0 Å². The van der Waals surface area contributed by atoms with Crippen LogP contribution < -0.4 is 0 Å². The summed E-state index contributed by atoms with van der Waals surface area (Å²) in [6.07, 6.45) is 5.71. The highest BCUT2D eigenvalue weighted by molar-refractivity contribution is 5.79. The highest BCUT2D eigenvalue weighted by Crippen LogP contribution is 2.28. The van der Waals surface area contributed by atoms with Gasteiger partial charge in [0.25, 0.3) is 0 Å². The number of unbranched alkanes of at least 4 members (excludes halogenated alkanes) is 9. The van der Waals surface area contributed by atoms with E-state index >= 15 is 0 Å². The van der Waals surface area contributed by atoms with Crippen molar-refractivity contribution in [1.29, 1.82) is 0 Å². The molecule has 0 saturated carbocycles. The first-order valence-corrected chi connectivity index (χ1v) is 17.6. The van der Waals surface area contributed by atoms with Gasteiger partial charge < -0.3 is 49.6 Å². The maximum atomic E-state index is 12.2. The molecule has 0 radical (unpaired) electrons. The second kappa shape index (κ2) is 23.3. The number of aliphatic hydroxyl groups is 6. The molecule has 270 valence electrons. The smallest absolute Gasteiger partial charge is 0.163 e. The van der Waals surface area contributed by atoms with Gasteiger partial charge in [0.05, 0.1) is 25.4 Å². The van der Waals surface area contributed by atoms with E-state index in [1.165, 1.54) is 0 Å². The van der Waals surface area contributed by atoms with Gasteiger partial charge in [-0.2, -0.15) is 0 Å². The average Bonchev–Trinajstić information content (AvgIpc) is 3.05. The number of ketones is 2. The molecule has 0 amide bonds. The third-order valence-corrected chi connectivity index (χ3v) is 9.30. The van der Waals surface area contributed by atoms with Crippen molar-refractivity contribution in [3.63, 3.8) is 0 Å². The molecule has 0 aliphatic carbocycles. The molecule has 2 aliphatic heterocycles. The van der Waals surface area contributed by atoms with Crippen LogP contribution in [0.1, 0.15) is 117 Å². The summed E-state index contributed by atoms with van der Waals surface area (Å²) >= 11 is 0. The number of carbonyl (C=O) groups excluding carboxylic acids is 2. The molecule has 0 aromatic heterocycles. The van der Waals surface area contributed by atoms with Crippen LogP contribution in [0.25, 0.3) is 0 Å². The molecule has 2 aliphatic rings. The van der Waals surface area contributed by atoms with Crippen molar-refractivity contribution in [2.45, 2.75) is 166 Å². The van der Waals surface area contributed by atoms with Gasteiger partial charge >= 0.3 is 0 Å². The van der Waals surface area contributed by atoms with Crippen LogP contribution in [0.2, 0.25) is 0 Å². The van der Waals surface area contributed by atoms with E-state index < -0.39 is 49.2 Å². The lowest BCUT2D eigenvalue weighted by molar-refractivity contribution is -0.282. The van der Waals surface area contributed by atoms with Gasteiger partial charge in [-0.3, -0.25) is 9.59 Å². The van der Waals surface area contributed by atoms with E-state index in [2.05, 4.69) is 0 Å². The molecular weight excluding hydrogens is 600 g/mol. The molecule has 2 rings (SSSR count). The summed E-state index contributed by atoms with van der Waals surface area (Å²) in [6.45, 7) is 3.67. The third-order valence-electron chi connectivity index (χ3n) is 9.30. The Labute approximate surface area is 274 Å². The first-order valence-electron chi connectivity index (χ1n) is 17.6. The third kappa shape index (κ3) is 14.6. The number of rotatable bonds is 25. The predicted octanol–water partition coefficient (Wildman–Crippen LogP) is 2.55. The van der Waals surface area contributed by atoms with Crippen LogP contribution in [0.15, 0.2) is 0 Å². The average molecular weight is 663 g/mol.